The number of benzene rings is 2. The van der Waals surface area contributed by atoms with E-state index in [0.717, 1.165) is 17.1 Å². The van der Waals surface area contributed by atoms with E-state index in [4.69, 9.17) is 14.6 Å². The molecule has 0 fully saturated rings. The van der Waals surface area contributed by atoms with E-state index < -0.39 is 5.97 Å². The molecule has 1 aromatic heterocycles. The third-order valence-electron chi connectivity index (χ3n) is 3.99. The molecule has 0 amide bonds. The molecule has 3 aromatic rings. The van der Waals surface area contributed by atoms with Crippen LogP contribution in [-0.4, -0.2) is 29.3 Å². The smallest absolute Gasteiger partial charge is 0.355 e. The summed E-state index contributed by atoms with van der Waals surface area (Å²) in [5, 5.41) is 11.2. The third kappa shape index (κ3) is 5.08. The van der Waals surface area contributed by atoms with Crippen molar-refractivity contribution in [1.82, 2.24) is 4.98 Å². The lowest BCUT2D eigenvalue weighted by Crippen LogP contribution is -2.09. The van der Waals surface area contributed by atoms with Gasteiger partial charge in [0.25, 0.3) is 0 Å². The van der Waals surface area contributed by atoms with Crippen molar-refractivity contribution in [2.24, 2.45) is 0 Å². The fourth-order valence-corrected chi connectivity index (χ4v) is 3.27. The number of rotatable bonds is 8. The second kappa shape index (κ2) is 8.68. The zero-order valence-electron chi connectivity index (χ0n) is 15.2. The van der Waals surface area contributed by atoms with E-state index >= 15 is 0 Å². The molecule has 0 aliphatic rings. The van der Waals surface area contributed by atoms with Crippen LogP contribution in [-0.2, 0) is 0 Å². The van der Waals surface area contributed by atoms with Crippen molar-refractivity contribution in [3.05, 3.63) is 65.2 Å². The largest absolute Gasteiger partial charge is 0.490 e. The molecule has 6 heteroatoms. The topological polar surface area (TPSA) is 68.7 Å². The van der Waals surface area contributed by atoms with Crippen LogP contribution < -0.4 is 9.47 Å². The number of aromatic carboxylic acids is 1. The summed E-state index contributed by atoms with van der Waals surface area (Å²) < 4.78 is 11.4. The van der Waals surface area contributed by atoms with Gasteiger partial charge >= 0.3 is 5.97 Å². The number of hydrogen-bond donors (Lipinski definition) is 1. The van der Waals surface area contributed by atoms with Gasteiger partial charge in [-0.05, 0) is 47.9 Å². The maximum Gasteiger partial charge on any atom is 0.355 e. The van der Waals surface area contributed by atoms with Gasteiger partial charge in [-0.1, -0.05) is 26.0 Å². The van der Waals surface area contributed by atoms with Crippen molar-refractivity contribution in [2.75, 3.05) is 13.2 Å². The van der Waals surface area contributed by atoms with Gasteiger partial charge in [0.15, 0.2) is 5.69 Å². The number of carboxylic acids is 1. The van der Waals surface area contributed by atoms with E-state index in [-0.39, 0.29) is 5.69 Å². The van der Waals surface area contributed by atoms with Gasteiger partial charge in [0.05, 0.1) is 0 Å². The van der Waals surface area contributed by atoms with Gasteiger partial charge in [-0.25, -0.2) is 9.78 Å². The molecule has 0 bridgehead atoms. The lowest BCUT2D eigenvalue weighted by Gasteiger charge is -2.10. The number of thiazole rings is 1. The van der Waals surface area contributed by atoms with E-state index in [1.165, 1.54) is 22.3 Å². The molecular weight excluding hydrogens is 362 g/mol. The van der Waals surface area contributed by atoms with Crippen LogP contribution in [0, 0.1) is 0 Å². The van der Waals surface area contributed by atoms with Crippen molar-refractivity contribution in [2.45, 2.75) is 19.8 Å². The van der Waals surface area contributed by atoms with Gasteiger partial charge in [-0.15, -0.1) is 11.3 Å². The predicted molar refractivity (Wildman–Crippen MR) is 106 cm³/mol. The number of carbonyl (C=O) groups is 1. The summed E-state index contributed by atoms with van der Waals surface area (Å²) in [6.07, 6.45) is 0. The highest BCUT2D eigenvalue weighted by Crippen LogP contribution is 2.26. The minimum absolute atomic E-state index is 0.0638. The maximum atomic E-state index is 10.9. The van der Waals surface area contributed by atoms with Crippen LogP contribution in [0.1, 0.15) is 35.8 Å². The number of carboxylic acid groups (broad SMARTS) is 1. The molecule has 0 unspecified atom stereocenters. The molecule has 3 rings (SSSR count). The highest BCUT2D eigenvalue weighted by molar-refractivity contribution is 7.13. The van der Waals surface area contributed by atoms with Crippen LogP contribution in [0.4, 0.5) is 0 Å². The molecule has 27 heavy (non-hydrogen) atoms. The molecule has 0 atom stereocenters. The van der Waals surface area contributed by atoms with Crippen molar-refractivity contribution >= 4 is 17.3 Å². The molecule has 0 aliphatic heterocycles. The van der Waals surface area contributed by atoms with Crippen LogP contribution in [0.5, 0.6) is 11.5 Å². The Morgan fingerprint density at radius 1 is 1.00 bits per heavy atom. The first-order chi connectivity index (χ1) is 13.0. The first-order valence-electron chi connectivity index (χ1n) is 8.68. The summed E-state index contributed by atoms with van der Waals surface area (Å²) in [6.45, 7) is 5.21. The van der Waals surface area contributed by atoms with Crippen molar-refractivity contribution in [3.8, 4) is 22.1 Å². The zero-order chi connectivity index (χ0) is 19.2. The quantitative estimate of drug-likeness (QED) is 0.549. The molecule has 140 valence electrons. The third-order valence-corrected chi connectivity index (χ3v) is 4.88. The molecule has 0 spiro atoms. The SMILES string of the molecule is CC(C)c1ccc(OCCOc2ccc(-c3nc(C(=O)O)cs3)cc2)cc1. The lowest BCUT2D eigenvalue weighted by atomic mass is 10.0. The number of nitrogens with zero attached hydrogens (tertiary/aromatic N) is 1. The first kappa shape index (κ1) is 18.9. The molecule has 1 N–H and O–H groups in total. The predicted octanol–water partition coefficient (Wildman–Crippen LogP) is 5.09. The van der Waals surface area contributed by atoms with Crippen LogP contribution in [0.15, 0.2) is 53.9 Å². The molecule has 0 saturated carbocycles. The van der Waals surface area contributed by atoms with E-state index in [1.54, 1.807) is 0 Å². The second-order valence-corrected chi connectivity index (χ2v) is 7.15. The van der Waals surface area contributed by atoms with E-state index in [2.05, 4.69) is 31.0 Å². The Morgan fingerprint density at radius 3 is 2.04 bits per heavy atom. The van der Waals surface area contributed by atoms with E-state index in [1.807, 2.05) is 36.4 Å². The summed E-state index contributed by atoms with van der Waals surface area (Å²) >= 11 is 1.31. The Hall–Kier alpha value is -2.86. The Bertz CT molecular complexity index is 885. The second-order valence-electron chi connectivity index (χ2n) is 6.29. The monoisotopic (exact) mass is 383 g/mol. The Balaban J connectivity index is 1.48. The Morgan fingerprint density at radius 2 is 1.56 bits per heavy atom. The molecule has 2 aromatic carbocycles. The minimum atomic E-state index is -1.02. The van der Waals surface area contributed by atoms with Gasteiger partial charge in [0.2, 0.25) is 0 Å². The molecule has 0 saturated heterocycles. The van der Waals surface area contributed by atoms with Crippen LogP contribution >= 0.6 is 11.3 Å². The Labute approximate surface area is 162 Å². The summed E-state index contributed by atoms with van der Waals surface area (Å²) in [6, 6.07) is 15.5. The summed E-state index contributed by atoms with van der Waals surface area (Å²) in [5.74, 6) is 1.05. The molecule has 0 radical (unpaired) electrons. The van der Waals surface area contributed by atoms with E-state index in [9.17, 15) is 4.79 Å². The average molecular weight is 383 g/mol. The summed E-state index contributed by atoms with van der Waals surface area (Å²) in [7, 11) is 0. The van der Waals surface area contributed by atoms with Gasteiger partial charge in [0.1, 0.15) is 29.7 Å². The van der Waals surface area contributed by atoms with Crippen molar-refractivity contribution in [3.63, 3.8) is 0 Å². The van der Waals surface area contributed by atoms with Crippen LogP contribution in [0.2, 0.25) is 0 Å². The van der Waals surface area contributed by atoms with Crippen molar-refractivity contribution in [1.29, 1.82) is 0 Å². The van der Waals surface area contributed by atoms with E-state index in [0.29, 0.717) is 24.1 Å². The number of ether oxygens (including phenoxy) is 2. The van der Waals surface area contributed by atoms with Gasteiger partial charge in [-0.3, -0.25) is 0 Å². The van der Waals surface area contributed by atoms with Gasteiger partial charge in [-0.2, -0.15) is 0 Å². The molecule has 0 aliphatic carbocycles. The fraction of sp³-hybridized carbons (Fsp3) is 0.238. The highest BCUT2D eigenvalue weighted by atomic mass is 32.1. The lowest BCUT2D eigenvalue weighted by molar-refractivity contribution is 0.0691. The standard InChI is InChI=1S/C21H21NO4S/c1-14(2)15-3-7-17(8-4-15)25-11-12-26-18-9-5-16(6-10-18)20-22-19(13-27-20)21(23)24/h3-10,13-14H,11-12H2,1-2H3,(H,23,24). The summed E-state index contributed by atoms with van der Waals surface area (Å²) in [5.41, 5.74) is 2.21. The van der Waals surface area contributed by atoms with Crippen molar-refractivity contribution < 1.29 is 19.4 Å². The maximum absolute atomic E-state index is 10.9. The fourth-order valence-electron chi connectivity index (χ4n) is 2.47. The van der Waals surface area contributed by atoms with Gasteiger partial charge in [0, 0.05) is 10.9 Å². The Kier molecular flexibility index (Phi) is 6.08. The number of hydrogen-bond acceptors (Lipinski definition) is 5. The van der Waals surface area contributed by atoms with Crippen LogP contribution in [0.25, 0.3) is 10.6 Å². The summed E-state index contributed by atoms with van der Waals surface area (Å²) in [4.78, 5) is 15.0. The minimum Gasteiger partial charge on any atom is -0.490 e. The highest BCUT2D eigenvalue weighted by Gasteiger charge is 2.10. The normalized spacial score (nSPS) is 10.8. The van der Waals surface area contributed by atoms with Crippen LogP contribution in [0.3, 0.4) is 0 Å². The van der Waals surface area contributed by atoms with Gasteiger partial charge < -0.3 is 14.6 Å². The average Bonchev–Trinajstić information content (AvgIpc) is 3.17. The molecular formula is C21H21NO4S. The first-order valence-corrected chi connectivity index (χ1v) is 9.55. The molecule has 1 heterocycles. The number of aromatic nitrogens is 1. The zero-order valence-corrected chi connectivity index (χ0v) is 16.0. The molecule has 5 nitrogen and oxygen atoms in total.